The third-order valence-corrected chi connectivity index (χ3v) is 7.50. The van der Waals surface area contributed by atoms with E-state index in [1.807, 2.05) is 18.5 Å². The third kappa shape index (κ3) is 4.16. The van der Waals surface area contributed by atoms with Crippen LogP contribution in [0, 0.1) is 5.92 Å². The predicted molar refractivity (Wildman–Crippen MR) is 128 cm³/mol. The number of benzene rings is 2. The van der Waals surface area contributed by atoms with Gasteiger partial charge in [-0.1, -0.05) is 48.5 Å². The number of fused-ring (bicyclic) bond motifs is 1. The molecule has 0 aliphatic carbocycles. The first-order valence-electron chi connectivity index (χ1n) is 12.0. The molecule has 0 radical (unpaired) electrons. The van der Waals surface area contributed by atoms with E-state index < -0.39 is 5.41 Å². The van der Waals surface area contributed by atoms with E-state index in [4.69, 9.17) is 4.74 Å². The van der Waals surface area contributed by atoms with Gasteiger partial charge >= 0.3 is 0 Å². The molecule has 2 aromatic carbocycles. The molecule has 32 heavy (non-hydrogen) atoms. The Labute approximate surface area is 190 Å². The molecule has 4 nitrogen and oxygen atoms in total. The molecule has 1 aromatic heterocycles. The fourth-order valence-electron chi connectivity index (χ4n) is 5.64. The molecule has 0 spiro atoms. The predicted octanol–water partition coefficient (Wildman–Crippen LogP) is 5.15. The minimum atomic E-state index is -0.430. The van der Waals surface area contributed by atoms with E-state index in [9.17, 15) is 4.79 Å². The zero-order valence-electron chi connectivity index (χ0n) is 18.7. The van der Waals surface area contributed by atoms with Crippen LogP contribution in [0.3, 0.4) is 0 Å². The highest BCUT2D eigenvalue weighted by Crippen LogP contribution is 2.38. The van der Waals surface area contributed by atoms with Gasteiger partial charge in [0.25, 0.3) is 0 Å². The van der Waals surface area contributed by atoms with Crippen molar-refractivity contribution in [2.75, 3.05) is 26.3 Å². The highest BCUT2D eigenvalue weighted by atomic mass is 16.5. The molecule has 2 aliphatic heterocycles. The quantitative estimate of drug-likeness (QED) is 0.577. The van der Waals surface area contributed by atoms with Crippen LogP contribution in [0.2, 0.25) is 0 Å². The van der Waals surface area contributed by atoms with Gasteiger partial charge in [0.2, 0.25) is 5.91 Å². The monoisotopic (exact) mass is 428 g/mol. The molecule has 4 heteroatoms. The molecule has 5 rings (SSSR count). The summed E-state index contributed by atoms with van der Waals surface area (Å²) in [6.07, 6.45) is 9.76. The molecule has 0 saturated carbocycles. The Morgan fingerprint density at radius 3 is 2.69 bits per heavy atom. The van der Waals surface area contributed by atoms with E-state index >= 15 is 0 Å². The second-order valence-electron chi connectivity index (χ2n) is 9.37. The van der Waals surface area contributed by atoms with E-state index in [2.05, 4.69) is 58.4 Å². The average molecular weight is 429 g/mol. The number of nitrogens with zero attached hydrogens (tertiary/aromatic N) is 2. The van der Waals surface area contributed by atoms with Crippen molar-refractivity contribution in [2.45, 2.75) is 43.9 Å². The Bertz CT molecular complexity index is 1050. The summed E-state index contributed by atoms with van der Waals surface area (Å²) in [6, 6.07) is 19.0. The number of likely N-dealkylation sites (tertiary alicyclic amines) is 1. The molecule has 1 atom stereocenters. The van der Waals surface area contributed by atoms with E-state index in [-0.39, 0.29) is 0 Å². The normalized spacial score (nSPS) is 21.2. The zero-order chi connectivity index (χ0) is 21.8. The Morgan fingerprint density at radius 2 is 1.84 bits per heavy atom. The van der Waals surface area contributed by atoms with Crippen molar-refractivity contribution >= 4 is 16.7 Å². The lowest BCUT2D eigenvalue weighted by atomic mass is 9.73. The van der Waals surface area contributed by atoms with Crippen molar-refractivity contribution in [3.8, 4) is 0 Å². The number of carbonyl (C=O) groups excluding carboxylic acids is 1. The number of ether oxygens (including phenoxy) is 1. The van der Waals surface area contributed by atoms with Gasteiger partial charge in [0, 0.05) is 44.1 Å². The maximum atomic E-state index is 13.9. The topological polar surface area (TPSA) is 42.4 Å². The molecule has 2 saturated heterocycles. The standard InChI is InChI=1S/C28H32N2O2/c31-27(28(13-18-32-19-14-28)25-9-2-1-3-10-25)30-16-5-6-22(12-17-30)20-24-8-4-7-23-11-15-29-21-26(23)24/h1-4,7-11,15,21-22H,5-6,12-14,16-20H2/t22-/m0/s1. The first kappa shape index (κ1) is 21.1. The number of aromatic nitrogens is 1. The molecule has 0 bridgehead atoms. The highest BCUT2D eigenvalue weighted by molar-refractivity contribution is 5.88. The average Bonchev–Trinajstić information content (AvgIpc) is 3.10. The van der Waals surface area contributed by atoms with Crippen LogP contribution in [0.4, 0.5) is 0 Å². The third-order valence-electron chi connectivity index (χ3n) is 7.50. The fraction of sp³-hybridized carbons (Fsp3) is 0.429. The van der Waals surface area contributed by atoms with Crippen LogP contribution in [-0.2, 0) is 21.4 Å². The molecular formula is C28H32N2O2. The number of hydrogen-bond donors (Lipinski definition) is 0. The van der Waals surface area contributed by atoms with Crippen LogP contribution in [0.25, 0.3) is 10.8 Å². The Morgan fingerprint density at radius 1 is 1.00 bits per heavy atom. The Hall–Kier alpha value is -2.72. The number of amides is 1. The lowest BCUT2D eigenvalue weighted by Crippen LogP contribution is -2.50. The van der Waals surface area contributed by atoms with E-state index in [0.717, 1.165) is 50.8 Å². The molecule has 0 N–H and O–H groups in total. The van der Waals surface area contributed by atoms with Gasteiger partial charge in [0.05, 0.1) is 5.41 Å². The minimum Gasteiger partial charge on any atom is -0.381 e. The first-order valence-corrected chi connectivity index (χ1v) is 12.0. The lowest BCUT2D eigenvalue weighted by Gasteiger charge is -2.40. The number of carbonyl (C=O) groups is 1. The molecule has 166 valence electrons. The van der Waals surface area contributed by atoms with Gasteiger partial charge in [-0.15, -0.1) is 0 Å². The second-order valence-corrected chi connectivity index (χ2v) is 9.37. The molecule has 0 unspecified atom stereocenters. The van der Waals surface area contributed by atoms with Crippen LogP contribution in [0.5, 0.6) is 0 Å². The van der Waals surface area contributed by atoms with Gasteiger partial charge in [-0.2, -0.15) is 0 Å². The molecular weight excluding hydrogens is 396 g/mol. The largest absolute Gasteiger partial charge is 0.381 e. The van der Waals surface area contributed by atoms with Crippen LogP contribution in [0.15, 0.2) is 67.0 Å². The maximum Gasteiger partial charge on any atom is 0.233 e. The molecule has 2 aliphatic rings. The van der Waals surface area contributed by atoms with Gasteiger partial charge in [0.1, 0.15) is 0 Å². The lowest BCUT2D eigenvalue weighted by molar-refractivity contribution is -0.141. The zero-order valence-corrected chi connectivity index (χ0v) is 18.7. The van der Waals surface area contributed by atoms with E-state index in [1.165, 1.54) is 22.8 Å². The number of rotatable bonds is 4. The maximum absolute atomic E-state index is 13.9. The second kappa shape index (κ2) is 9.41. The summed E-state index contributed by atoms with van der Waals surface area (Å²) in [6.45, 7) is 3.03. The molecule has 1 amide bonds. The van der Waals surface area contributed by atoms with Crippen molar-refractivity contribution in [1.82, 2.24) is 9.88 Å². The first-order chi connectivity index (χ1) is 15.8. The van der Waals surface area contributed by atoms with Crippen LogP contribution in [-0.4, -0.2) is 42.1 Å². The van der Waals surface area contributed by atoms with E-state index in [0.29, 0.717) is 25.0 Å². The summed E-state index contributed by atoms with van der Waals surface area (Å²) in [5.41, 5.74) is 2.10. The molecule has 3 heterocycles. The summed E-state index contributed by atoms with van der Waals surface area (Å²) in [7, 11) is 0. The van der Waals surface area contributed by atoms with Crippen molar-refractivity contribution < 1.29 is 9.53 Å². The Kier molecular flexibility index (Phi) is 6.22. The van der Waals surface area contributed by atoms with Gasteiger partial charge in [-0.25, -0.2) is 0 Å². The summed E-state index contributed by atoms with van der Waals surface area (Å²) in [4.78, 5) is 20.4. The van der Waals surface area contributed by atoms with Gasteiger partial charge in [0.15, 0.2) is 0 Å². The van der Waals surface area contributed by atoms with E-state index in [1.54, 1.807) is 0 Å². The summed E-state index contributed by atoms with van der Waals surface area (Å²) < 4.78 is 5.65. The van der Waals surface area contributed by atoms with Crippen molar-refractivity contribution in [2.24, 2.45) is 5.92 Å². The van der Waals surface area contributed by atoms with Gasteiger partial charge in [-0.3, -0.25) is 9.78 Å². The number of pyridine rings is 1. The summed E-state index contributed by atoms with van der Waals surface area (Å²) in [5, 5.41) is 2.52. The SMILES string of the molecule is O=C(N1CCC[C@H](Cc2cccc3ccncc23)CC1)C1(c2ccccc2)CCOCC1. The fourth-order valence-corrected chi connectivity index (χ4v) is 5.64. The summed E-state index contributed by atoms with van der Waals surface area (Å²) >= 11 is 0. The molecule has 2 fully saturated rings. The molecule has 3 aromatic rings. The van der Waals surface area contributed by atoms with Gasteiger partial charge < -0.3 is 9.64 Å². The van der Waals surface area contributed by atoms with Crippen LogP contribution >= 0.6 is 0 Å². The van der Waals surface area contributed by atoms with Crippen molar-refractivity contribution in [1.29, 1.82) is 0 Å². The van der Waals surface area contributed by atoms with Crippen LogP contribution < -0.4 is 0 Å². The Balaban J connectivity index is 1.32. The van der Waals surface area contributed by atoms with Crippen LogP contribution in [0.1, 0.15) is 43.2 Å². The van der Waals surface area contributed by atoms with Gasteiger partial charge in [-0.05, 0) is 67.0 Å². The summed E-state index contributed by atoms with van der Waals surface area (Å²) in [5.74, 6) is 0.906. The van der Waals surface area contributed by atoms with Crippen molar-refractivity contribution in [3.63, 3.8) is 0 Å². The smallest absolute Gasteiger partial charge is 0.233 e. The van der Waals surface area contributed by atoms with Crippen molar-refractivity contribution in [3.05, 3.63) is 78.1 Å². The number of hydrogen-bond acceptors (Lipinski definition) is 3. The minimum absolute atomic E-state index is 0.307. The highest BCUT2D eigenvalue weighted by Gasteiger charge is 2.44.